The Labute approximate surface area is 105 Å². The van der Waals surface area contributed by atoms with Crippen LogP contribution in [0.5, 0.6) is 0 Å². The molecule has 0 heterocycles. The van der Waals surface area contributed by atoms with Gasteiger partial charge >= 0.3 is 0 Å². The van der Waals surface area contributed by atoms with E-state index in [0.717, 1.165) is 6.42 Å². The molecule has 0 amide bonds. The maximum Gasteiger partial charge on any atom is 0.162 e. The molecule has 0 radical (unpaired) electrons. The molecular formula is C15H24O2. The van der Waals surface area contributed by atoms with E-state index in [-0.39, 0.29) is 11.7 Å². The number of aryl methyl sites for hydroxylation is 2. The molecule has 0 atom stereocenters. The highest BCUT2D eigenvalue weighted by Crippen LogP contribution is 2.29. The SMILES string of the molecule is COC(OC)C(C)(C)Cc1cc(C)cc(C)c1. The first kappa shape index (κ1) is 14.2. The van der Waals surface area contributed by atoms with Crippen molar-refractivity contribution in [1.29, 1.82) is 0 Å². The van der Waals surface area contributed by atoms with Gasteiger partial charge in [0.15, 0.2) is 6.29 Å². The van der Waals surface area contributed by atoms with Gasteiger partial charge in [0, 0.05) is 19.6 Å². The lowest BCUT2D eigenvalue weighted by Crippen LogP contribution is -2.34. The Morgan fingerprint density at radius 3 is 1.88 bits per heavy atom. The highest BCUT2D eigenvalue weighted by atomic mass is 16.7. The average molecular weight is 236 g/mol. The highest BCUT2D eigenvalue weighted by Gasteiger charge is 2.29. The van der Waals surface area contributed by atoms with Crippen LogP contribution in [-0.2, 0) is 15.9 Å². The van der Waals surface area contributed by atoms with Gasteiger partial charge in [0.25, 0.3) is 0 Å². The minimum atomic E-state index is -0.177. The second-order valence-corrected chi connectivity index (χ2v) is 5.46. The van der Waals surface area contributed by atoms with Gasteiger partial charge in [-0.15, -0.1) is 0 Å². The molecule has 2 nitrogen and oxygen atoms in total. The summed E-state index contributed by atoms with van der Waals surface area (Å²) in [5.74, 6) is 0. The summed E-state index contributed by atoms with van der Waals surface area (Å²) in [6.07, 6.45) is 0.769. The maximum atomic E-state index is 5.37. The van der Waals surface area contributed by atoms with Crippen LogP contribution in [0.4, 0.5) is 0 Å². The van der Waals surface area contributed by atoms with E-state index >= 15 is 0 Å². The van der Waals surface area contributed by atoms with Gasteiger partial charge < -0.3 is 9.47 Å². The topological polar surface area (TPSA) is 18.5 Å². The lowest BCUT2D eigenvalue weighted by atomic mass is 9.84. The third-order valence-corrected chi connectivity index (χ3v) is 3.01. The van der Waals surface area contributed by atoms with Crippen LogP contribution >= 0.6 is 0 Å². The molecule has 0 aromatic heterocycles. The zero-order valence-corrected chi connectivity index (χ0v) is 11.8. The molecule has 17 heavy (non-hydrogen) atoms. The van der Waals surface area contributed by atoms with Crippen LogP contribution in [0.25, 0.3) is 0 Å². The van der Waals surface area contributed by atoms with E-state index in [4.69, 9.17) is 9.47 Å². The quantitative estimate of drug-likeness (QED) is 0.729. The zero-order chi connectivity index (χ0) is 13.1. The lowest BCUT2D eigenvalue weighted by Gasteiger charge is -2.32. The van der Waals surface area contributed by atoms with Crippen LogP contribution in [0, 0.1) is 19.3 Å². The number of hydrogen-bond donors (Lipinski definition) is 0. The van der Waals surface area contributed by atoms with E-state index in [1.165, 1.54) is 16.7 Å². The summed E-state index contributed by atoms with van der Waals surface area (Å²) in [7, 11) is 3.38. The Bertz CT molecular complexity index is 345. The van der Waals surface area contributed by atoms with Crippen molar-refractivity contribution in [3.63, 3.8) is 0 Å². The molecule has 0 N–H and O–H groups in total. The fourth-order valence-electron chi connectivity index (χ4n) is 2.51. The number of hydrogen-bond acceptors (Lipinski definition) is 2. The molecule has 0 bridgehead atoms. The summed E-state index contributed by atoms with van der Waals surface area (Å²) in [6.45, 7) is 8.60. The van der Waals surface area contributed by atoms with Gasteiger partial charge in [-0.2, -0.15) is 0 Å². The van der Waals surface area contributed by atoms with E-state index in [1.807, 2.05) is 0 Å². The van der Waals surface area contributed by atoms with Crippen molar-refractivity contribution in [3.8, 4) is 0 Å². The Morgan fingerprint density at radius 2 is 1.47 bits per heavy atom. The molecule has 0 unspecified atom stereocenters. The molecule has 1 aromatic rings. The summed E-state index contributed by atoms with van der Waals surface area (Å²) >= 11 is 0. The van der Waals surface area contributed by atoms with Crippen LogP contribution in [0.1, 0.15) is 30.5 Å². The van der Waals surface area contributed by atoms with E-state index in [1.54, 1.807) is 14.2 Å². The first-order chi connectivity index (χ1) is 7.89. The molecule has 96 valence electrons. The molecule has 0 aliphatic rings. The largest absolute Gasteiger partial charge is 0.355 e. The van der Waals surface area contributed by atoms with Gasteiger partial charge in [0.1, 0.15) is 0 Å². The predicted molar refractivity (Wildman–Crippen MR) is 71.2 cm³/mol. The van der Waals surface area contributed by atoms with Gasteiger partial charge in [0.05, 0.1) is 0 Å². The van der Waals surface area contributed by atoms with Crippen molar-refractivity contribution in [2.45, 2.75) is 40.4 Å². The van der Waals surface area contributed by atoms with Gasteiger partial charge in [0.2, 0.25) is 0 Å². The second-order valence-electron chi connectivity index (χ2n) is 5.46. The number of rotatable bonds is 5. The fourth-order valence-corrected chi connectivity index (χ4v) is 2.51. The third-order valence-electron chi connectivity index (χ3n) is 3.01. The summed E-state index contributed by atoms with van der Waals surface area (Å²) < 4.78 is 10.7. The van der Waals surface area contributed by atoms with E-state index in [2.05, 4.69) is 45.9 Å². The van der Waals surface area contributed by atoms with Crippen molar-refractivity contribution in [1.82, 2.24) is 0 Å². The first-order valence-corrected chi connectivity index (χ1v) is 6.02. The Balaban J connectivity index is 2.88. The smallest absolute Gasteiger partial charge is 0.162 e. The van der Waals surface area contributed by atoms with E-state index in [9.17, 15) is 0 Å². The molecular weight excluding hydrogens is 212 g/mol. The maximum absolute atomic E-state index is 5.37. The molecule has 1 rings (SSSR count). The van der Waals surface area contributed by atoms with Crippen molar-refractivity contribution < 1.29 is 9.47 Å². The van der Waals surface area contributed by atoms with Gasteiger partial charge in [-0.3, -0.25) is 0 Å². The molecule has 0 saturated heterocycles. The average Bonchev–Trinajstić information content (AvgIpc) is 2.15. The molecule has 0 saturated carbocycles. The van der Waals surface area contributed by atoms with Crippen LogP contribution in [0.3, 0.4) is 0 Å². The summed E-state index contributed by atoms with van der Waals surface area (Å²) in [4.78, 5) is 0. The Hall–Kier alpha value is -0.860. The zero-order valence-electron chi connectivity index (χ0n) is 11.8. The first-order valence-electron chi connectivity index (χ1n) is 6.02. The Morgan fingerprint density at radius 1 is 1.00 bits per heavy atom. The molecule has 0 aliphatic heterocycles. The minimum Gasteiger partial charge on any atom is -0.355 e. The Kier molecular flexibility index (Phi) is 4.72. The van der Waals surface area contributed by atoms with Gasteiger partial charge in [-0.05, 0) is 25.8 Å². The van der Waals surface area contributed by atoms with Crippen molar-refractivity contribution in [2.75, 3.05) is 14.2 Å². The normalized spacial score (nSPS) is 12.2. The van der Waals surface area contributed by atoms with Crippen molar-refractivity contribution >= 4 is 0 Å². The summed E-state index contributed by atoms with van der Waals surface area (Å²) in [5.41, 5.74) is 3.92. The number of ether oxygens (including phenoxy) is 2. The van der Waals surface area contributed by atoms with Crippen molar-refractivity contribution in [2.24, 2.45) is 5.41 Å². The third kappa shape index (κ3) is 3.83. The van der Waals surface area contributed by atoms with Crippen LogP contribution in [0.15, 0.2) is 18.2 Å². The molecule has 0 fully saturated rings. The second kappa shape index (κ2) is 5.65. The number of benzene rings is 1. The van der Waals surface area contributed by atoms with Crippen LogP contribution in [-0.4, -0.2) is 20.5 Å². The standard InChI is InChI=1S/C15H24O2/c1-11-7-12(2)9-13(8-11)10-15(3,4)14(16-5)17-6/h7-9,14H,10H2,1-6H3. The monoisotopic (exact) mass is 236 g/mol. The van der Waals surface area contributed by atoms with Crippen LogP contribution in [0.2, 0.25) is 0 Å². The lowest BCUT2D eigenvalue weighted by molar-refractivity contribution is -0.167. The van der Waals surface area contributed by atoms with Crippen LogP contribution < -0.4 is 0 Å². The molecule has 2 heteroatoms. The minimum absolute atomic E-state index is 0.0380. The molecule has 0 spiro atoms. The predicted octanol–water partition coefficient (Wildman–Crippen LogP) is 3.49. The summed E-state index contributed by atoms with van der Waals surface area (Å²) in [5, 5.41) is 0. The fraction of sp³-hybridized carbons (Fsp3) is 0.600. The van der Waals surface area contributed by atoms with E-state index in [0.29, 0.717) is 0 Å². The van der Waals surface area contributed by atoms with E-state index < -0.39 is 0 Å². The highest BCUT2D eigenvalue weighted by molar-refractivity contribution is 5.29. The number of methoxy groups -OCH3 is 2. The molecule has 0 aliphatic carbocycles. The van der Waals surface area contributed by atoms with Gasteiger partial charge in [-0.1, -0.05) is 43.2 Å². The van der Waals surface area contributed by atoms with Crippen molar-refractivity contribution in [3.05, 3.63) is 34.9 Å². The van der Waals surface area contributed by atoms with Gasteiger partial charge in [-0.25, -0.2) is 0 Å². The molecule has 1 aromatic carbocycles. The summed E-state index contributed by atoms with van der Waals surface area (Å²) in [6, 6.07) is 6.66.